The highest BCUT2D eigenvalue weighted by molar-refractivity contribution is 7.89. The Kier molecular flexibility index (Phi) is 4.19. The lowest BCUT2D eigenvalue weighted by Crippen LogP contribution is -2.29. The lowest BCUT2D eigenvalue weighted by molar-refractivity contribution is 0.102. The molecule has 0 bridgehead atoms. The number of hydrogen-bond acceptors (Lipinski definition) is 6. The van der Waals surface area contributed by atoms with Crippen molar-refractivity contribution in [3.8, 4) is 0 Å². The molecule has 2 fully saturated rings. The first-order valence-corrected chi connectivity index (χ1v) is 11.1. The van der Waals surface area contributed by atoms with E-state index in [0.29, 0.717) is 24.1 Å². The van der Waals surface area contributed by atoms with Gasteiger partial charge >= 0.3 is 0 Å². The van der Waals surface area contributed by atoms with Crippen LogP contribution in [0.1, 0.15) is 47.0 Å². The molecule has 1 saturated heterocycles. The molecule has 9 heteroatoms. The highest BCUT2D eigenvalue weighted by Gasteiger charge is 2.32. The molecular formula is C15H17N3O3S3. The average Bonchev–Trinajstić information content (AvgIpc) is 3.05. The summed E-state index contributed by atoms with van der Waals surface area (Å²) in [5.74, 6) is 0.124. The Balaban J connectivity index is 1.55. The molecule has 0 radical (unpaired) electrons. The molecule has 0 spiro atoms. The quantitative estimate of drug-likeness (QED) is 0.860. The van der Waals surface area contributed by atoms with Crippen LogP contribution in [-0.2, 0) is 10.0 Å². The van der Waals surface area contributed by atoms with Gasteiger partial charge in [-0.05, 0) is 37.1 Å². The van der Waals surface area contributed by atoms with Gasteiger partial charge in [-0.25, -0.2) is 13.4 Å². The molecule has 1 aliphatic heterocycles. The van der Waals surface area contributed by atoms with Gasteiger partial charge in [-0.2, -0.15) is 4.31 Å². The minimum atomic E-state index is -3.60. The number of nitrogens with one attached hydrogen (secondary N) is 1. The molecule has 1 aliphatic carbocycles. The number of rotatable bonds is 5. The minimum absolute atomic E-state index is 0.103. The van der Waals surface area contributed by atoms with Gasteiger partial charge in [0.25, 0.3) is 5.91 Å². The number of thiazole rings is 1. The van der Waals surface area contributed by atoms with Crippen molar-refractivity contribution in [2.24, 2.45) is 0 Å². The Morgan fingerprint density at radius 2 is 2.00 bits per heavy atom. The van der Waals surface area contributed by atoms with E-state index in [1.165, 1.54) is 21.7 Å². The standard InChI is InChI=1S/C15H17N3O3S3/c19-14(17-15-16-11(9-23-15)10-3-4-10)13-12(5-8-22-13)24(20,21)18-6-1-2-7-18/h5,8-10H,1-4,6-7H2,(H,16,17,19). The van der Waals surface area contributed by atoms with E-state index >= 15 is 0 Å². The summed E-state index contributed by atoms with van der Waals surface area (Å²) in [6.45, 7) is 1.05. The molecule has 24 heavy (non-hydrogen) atoms. The molecule has 2 aromatic heterocycles. The van der Waals surface area contributed by atoms with E-state index in [1.54, 1.807) is 5.38 Å². The first-order valence-electron chi connectivity index (χ1n) is 7.90. The molecule has 128 valence electrons. The normalized spacial score (nSPS) is 18.8. The van der Waals surface area contributed by atoms with Gasteiger partial charge < -0.3 is 0 Å². The zero-order valence-corrected chi connectivity index (χ0v) is 15.3. The Hall–Kier alpha value is -1.29. The highest BCUT2D eigenvalue weighted by atomic mass is 32.2. The number of carbonyl (C=O) groups is 1. The van der Waals surface area contributed by atoms with Crippen LogP contribution in [-0.4, -0.2) is 36.7 Å². The molecule has 1 saturated carbocycles. The summed E-state index contributed by atoms with van der Waals surface area (Å²) in [6, 6.07) is 1.52. The summed E-state index contributed by atoms with van der Waals surface area (Å²) in [5, 5.41) is 6.88. The summed E-state index contributed by atoms with van der Waals surface area (Å²) < 4.78 is 26.9. The Morgan fingerprint density at radius 1 is 1.25 bits per heavy atom. The largest absolute Gasteiger partial charge is 0.297 e. The van der Waals surface area contributed by atoms with Gasteiger partial charge in [0.2, 0.25) is 10.0 Å². The van der Waals surface area contributed by atoms with E-state index in [1.807, 2.05) is 5.38 Å². The van der Waals surface area contributed by atoms with Crippen molar-refractivity contribution in [1.82, 2.24) is 9.29 Å². The molecule has 3 heterocycles. The topological polar surface area (TPSA) is 79.4 Å². The van der Waals surface area contributed by atoms with Crippen LogP contribution in [0, 0.1) is 0 Å². The highest BCUT2D eigenvalue weighted by Crippen LogP contribution is 2.41. The maximum absolute atomic E-state index is 12.7. The summed E-state index contributed by atoms with van der Waals surface area (Å²) in [6.07, 6.45) is 4.04. The maximum Gasteiger partial charge on any atom is 0.268 e. The molecule has 6 nitrogen and oxygen atoms in total. The maximum atomic E-state index is 12.7. The fourth-order valence-corrected chi connectivity index (χ4v) is 6.40. The van der Waals surface area contributed by atoms with Crippen LogP contribution in [0.5, 0.6) is 0 Å². The van der Waals surface area contributed by atoms with Crippen LogP contribution in [0.25, 0.3) is 0 Å². The monoisotopic (exact) mass is 383 g/mol. The van der Waals surface area contributed by atoms with Crippen LogP contribution in [0.2, 0.25) is 0 Å². The molecule has 4 rings (SSSR count). The Bertz CT molecular complexity index is 861. The number of amides is 1. The number of sulfonamides is 1. The smallest absolute Gasteiger partial charge is 0.268 e. The third kappa shape index (κ3) is 3.01. The van der Waals surface area contributed by atoms with Crippen molar-refractivity contribution in [2.45, 2.75) is 36.5 Å². The van der Waals surface area contributed by atoms with Crippen molar-refractivity contribution in [3.63, 3.8) is 0 Å². The molecular weight excluding hydrogens is 366 g/mol. The number of aromatic nitrogens is 1. The molecule has 2 aliphatic rings. The van der Waals surface area contributed by atoms with Crippen LogP contribution in [0.15, 0.2) is 21.7 Å². The second-order valence-corrected chi connectivity index (χ2v) is 9.71. The molecule has 0 atom stereocenters. The van der Waals surface area contributed by atoms with Gasteiger partial charge in [-0.1, -0.05) is 0 Å². The molecule has 0 aromatic carbocycles. The van der Waals surface area contributed by atoms with E-state index in [4.69, 9.17) is 0 Å². The molecule has 2 aromatic rings. The predicted octanol–water partition coefficient (Wildman–Crippen LogP) is 3.12. The number of carbonyl (C=O) groups excluding carboxylic acids is 1. The van der Waals surface area contributed by atoms with Gasteiger partial charge in [0.1, 0.15) is 9.77 Å². The van der Waals surface area contributed by atoms with Crippen molar-refractivity contribution in [3.05, 3.63) is 27.4 Å². The first kappa shape index (κ1) is 16.2. The number of nitrogens with zero attached hydrogens (tertiary/aromatic N) is 2. The van der Waals surface area contributed by atoms with Crippen LogP contribution < -0.4 is 5.32 Å². The first-order chi connectivity index (χ1) is 11.6. The third-order valence-electron chi connectivity index (χ3n) is 4.26. The summed E-state index contributed by atoms with van der Waals surface area (Å²) in [5.41, 5.74) is 1.02. The minimum Gasteiger partial charge on any atom is -0.297 e. The van der Waals surface area contributed by atoms with E-state index in [9.17, 15) is 13.2 Å². The van der Waals surface area contributed by atoms with Crippen molar-refractivity contribution < 1.29 is 13.2 Å². The lowest BCUT2D eigenvalue weighted by Gasteiger charge is -2.15. The second-order valence-electron chi connectivity index (χ2n) is 6.03. The third-order valence-corrected chi connectivity index (χ3v) is 8.02. The fraction of sp³-hybridized carbons (Fsp3) is 0.467. The van der Waals surface area contributed by atoms with Crippen LogP contribution in [0.3, 0.4) is 0 Å². The zero-order valence-electron chi connectivity index (χ0n) is 12.9. The average molecular weight is 384 g/mol. The van der Waals surface area contributed by atoms with Gasteiger partial charge in [0.15, 0.2) is 5.13 Å². The van der Waals surface area contributed by atoms with Crippen LogP contribution >= 0.6 is 22.7 Å². The van der Waals surface area contributed by atoms with Gasteiger partial charge in [0, 0.05) is 24.4 Å². The Morgan fingerprint density at radius 3 is 2.71 bits per heavy atom. The lowest BCUT2D eigenvalue weighted by atomic mass is 10.3. The molecule has 0 unspecified atom stereocenters. The summed E-state index contributed by atoms with van der Waals surface area (Å²) >= 11 is 2.53. The van der Waals surface area contributed by atoms with E-state index in [-0.39, 0.29) is 9.77 Å². The van der Waals surface area contributed by atoms with Crippen molar-refractivity contribution in [2.75, 3.05) is 18.4 Å². The summed E-state index contributed by atoms with van der Waals surface area (Å²) in [7, 11) is -3.60. The molecule has 1 N–H and O–H groups in total. The van der Waals surface area contributed by atoms with Gasteiger partial charge in [-0.3, -0.25) is 10.1 Å². The van der Waals surface area contributed by atoms with Crippen molar-refractivity contribution >= 4 is 43.7 Å². The van der Waals surface area contributed by atoms with E-state index in [2.05, 4.69) is 10.3 Å². The Labute approximate surface area is 148 Å². The predicted molar refractivity (Wildman–Crippen MR) is 94.4 cm³/mol. The van der Waals surface area contributed by atoms with E-state index < -0.39 is 15.9 Å². The SMILES string of the molecule is O=C(Nc1nc(C2CC2)cs1)c1sccc1S(=O)(=O)N1CCCC1. The zero-order chi connectivity index (χ0) is 16.7. The summed E-state index contributed by atoms with van der Waals surface area (Å²) in [4.78, 5) is 17.3. The number of thiophene rings is 1. The van der Waals surface area contributed by atoms with Gasteiger partial charge in [0.05, 0.1) is 5.69 Å². The van der Waals surface area contributed by atoms with Crippen LogP contribution in [0.4, 0.5) is 5.13 Å². The van der Waals surface area contributed by atoms with Crippen molar-refractivity contribution in [1.29, 1.82) is 0 Å². The van der Waals surface area contributed by atoms with E-state index in [0.717, 1.165) is 42.7 Å². The number of anilines is 1. The second kappa shape index (κ2) is 6.21. The van der Waals surface area contributed by atoms with Gasteiger partial charge in [-0.15, -0.1) is 22.7 Å². The number of hydrogen-bond donors (Lipinski definition) is 1. The molecule has 1 amide bonds. The fourth-order valence-electron chi connectivity index (χ4n) is 2.80.